The third-order valence-corrected chi connectivity index (χ3v) is 2.67. The van der Waals surface area contributed by atoms with Gasteiger partial charge in [-0.2, -0.15) is 0 Å². The predicted octanol–water partition coefficient (Wildman–Crippen LogP) is -0.480. The molecule has 0 aromatic carbocycles. The van der Waals surface area contributed by atoms with Crippen LogP contribution in [0.5, 0.6) is 0 Å². The molecular formula is C13H18N4O4. The van der Waals surface area contributed by atoms with Crippen molar-refractivity contribution < 1.29 is 19.1 Å². The first-order valence-electron chi connectivity index (χ1n) is 6.37. The minimum Gasteiger partial charge on any atom is -0.468 e. The molecule has 2 amide bonds. The minimum absolute atomic E-state index is 0.115. The molecule has 0 fully saturated rings. The van der Waals surface area contributed by atoms with Crippen LogP contribution < -0.4 is 10.6 Å². The number of methoxy groups -OCH3 is 1. The van der Waals surface area contributed by atoms with Crippen LogP contribution in [-0.2, 0) is 14.3 Å². The van der Waals surface area contributed by atoms with E-state index in [0.717, 1.165) is 0 Å². The molecule has 8 heteroatoms. The summed E-state index contributed by atoms with van der Waals surface area (Å²) in [5.74, 6) is -1.70. The molecule has 0 aliphatic rings. The van der Waals surface area contributed by atoms with Gasteiger partial charge in [-0.05, 0) is 5.92 Å². The van der Waals surface area contributed by atoms with Gasteiger partial charge < -0.3 is 15.4 Å². The monoisotopic (exact) mass is 294 g/mol. The SMILES string of the molecule is COC(=O)CNC(=O)[C@@H](NC(=O)c1cnccn1)C(C)C. The molecule has 1 rings (SSSR count). The van der Waals surface area contributed by atoms with Crippen LogP contribution >= 0.6 is 0 Å². The molecule has 0 aliphatic heterocycles. The summed E-state index contributed by atoms with van der Waals surface area (Å²) in [6.45, 7) is 3.30. The number of aromatic nitrogens is 2. The van der Waals surface area contributed by atoms with Crippen molar-refractivity contribution in [1.82, 2.24) is 20.6 Å². The lowest BCUT2D eigenvalue weighted by molar-refractivity contribution is -0.141. The van der Waals surface area contributed by atoms with E-state index >= 15 is 0 Å². The number of esters is 1. The molecule has 2 N–H and O–H groups in total. The van der Waals surface area contributed by atoms with Gasteiger partial charge in [-0.1, -0.05) is 13.8 Å². The highest BCUT2D eigenvalue weighted by atomic mass is 16.5. The maximum Gasteiger partial charge on any atom is 0.325 e. The zero-order valence-corrected chi connectivity index (χ0v) is 12.1. The van der Waals surface area contributed by atoms with E-state index in [1.165, 1.54) is 25.7 Å². The summed E-state index contributed by atoms with van der Waals surface area (Å²) in [6, 6.07) is -0.788. The number of ether oxygens (including phenoxy) is 1. The lowest BCUT2D eigenvalue weighted by Gasteiger charge is -2.21. The van der Waals surface area contributed by atoms with Gasteiger partial charge in [-0.15, -0.1) is 0 Å². The van der Waals surface area contributed by atoms with E-state index in [9.17, 15) is 14.4 Å². The number of nitrogens with zero attached hydrogens (tertiary/aromatic N) is 2. The second-order valence-electron chi connectivity index (χ2n) is 4.58. The average molecular weight is 294 g/mol. The van der Waals surface area contributed by atoms with Crippen LogP contribution in [0.1, 0.15) is 24.3 Å². The summed E-state index contributed by atoms with van der Waals surface area (Å²) in [5.41, 5.74) is 0.115. The van der Waals surface area contributed by atoms with Crippen molar-refractivity contribution in [2.24, 2.45) is 5.92 Å². The fourth-order valence-corrected chi connectivity index (χ4v) is 1.51. The Morgan fingerprint density at radius 1 is 1.29 bits per heavy atom. The van der Waals surface area contributed by atoms with Crippen molar-refractivity contribution in [2.75, 3.05) is 13.7 Å². The fourth-order valence-electron chi connectivity index (χ4n) is 1.51. The third kappa shape index (κ3) is 5.17. The largest absolute Gasteiger partial charge is 0.468 e. The molecule has 0 saturated heterocycles. The first-order chi connectivity index (χ1) is 9.95. The molecule has 1 heterocycles. The summed E-state index contributed by atoms with van der Waals surface area (Å²) in [6.07, 6.45) is 4.13. The Bertz CT molecular complexity index is 504. The van der Waals surface area contributed by atoms with Crippen molar-refractivity contribution in [2.45, 2.75) is 19.9 Å². The Hall–Kier alpha value is -2.51. The smallest absolute Gasteiger partial charge is 0.325 e. The number of hydrogen-bond donors (Lipinski definition) is 2. The Morgan fingerprint density at radius 3 is 2.52 bits per heavy atom. The molecule has 0 unspecified atom stereocenters. The Morgan fingerprint density at radius 2 is 2.00 bits per heavy atom. The topological polar surface area (TPSA) is 110 Å². The molecule has 1 aromatic rings. The highest BCUT2D eigenvalue weighted by Gasteiger charge is 2.25. The quantitative estimate of drug-likeness (QED) is 0.686. The van der Waals surface area contributed by atoms with Crippen molar-refractivity contribution in [1.29, 1.82) is 0 Å². The van der Waals surface area contributed by atoms with Crippen molar-refractivity contribution in [3.8, 4) is 0 Å². The molecule has 8 nitrogen and oxygen atoms in total. The van der Waals surface area contributed by atoms with Crippen LogP contribution in [0.4, 0.5) is 0 Å². The van der Waals surface area contributed by atoms with Crippen molar-refractivity contribution in [3.05, 3.63) is 24.3 Å². The van der Waals surface area contributed by atoms with Gasteiger partial charge in [0.05, 0.1) is 13.3 Å². The van der Waals surface area contributed by atoms with Crippen LogP contribution in [-0.4, -0.2) is 47.4 Å². The van der Waals surface area contributed by atoms with E-state index in [0.29, 0.717) is 0 Å². The summed E-state index contributed by atoms with van der Waals surface area (Å²) in [4.78, 5) is 42.6. The Kier molecular flexibility index (Phi) is 6.25. The van der Waals surface area contributed by atoms with Gasteiger partial charge in [0, 0.05) is 12.4 Å². The van der Waals surface area contributed by atoms with Gasteiger partial charge in [0.25, 0.3) is 5.91 Å². The maximum absolute atomic E-state index is 12.0. The van der Waals surface area contributed by atoms with Gasteiger partial charge in [0.1, 0.15) is 18.3 Å². The van der Waals surface area contributed by atoms with E-state index < -0.39 is 23.8 Å². The predicted molar refractivity (Wildman–Crippen MR) is 73.1 cm³/mol. The first kappa shape index (κ1) is 16.5. The highest BCUT2D eigenvalue weighted by Crippen LogP contribution is 2.03. The molecule has 0 spiro atoms. The van der Waals surface area contributed by atoms with Crippen LogP contribution in [0.3, 0.4) is 0 Å². The zero-order chi connectivity index (χ0) is 15.8. The molecular weight excluding hydrogens is 276 g/mol. The van der Waals surface area contributed by atoms with Crippen LogP contribution in [0.25, 0.3) is 0 Å². The van der Waals surface area contributed by atoms with Crippen molar-refractivity contribution in [3.63, 3.8) is 0 Å². The number of amides is 2. The molecule has 0 radical (unpaired) electrons. The normalized spacial score (nSPS) is 11.6. The van der Waals surface area contributed by atoms with Crippen LogP contribution in [0.15, 0.2) is 18.6 Å². The zero-order valence-electron chi connectivity index (χ0n) is 12.1. The number of rotatable bonds is 6. The van der Waals surface area contributed by atoms with Crippen LogP contribution in [0, 0.1) is 5.92 Å². The second kappa shape index (κ2) is 7.93. The second-order valence-corrected chi connectivity index (χ2v) is 4.58. The van der Waals surface area contributed by atoms with Gasteiger partial charge in [-0.3, -0.25) is 19.4 Å². The third-order valence-electron chi connectivity index (χ3n) is 2.67. The molecule has 21 heavy (non-hydrogen) atoms. The van der Waals surface area contributed by atoms with Gasteiger partial charge in [-0.25, -0.2) is 4.98 Å². The fraction of sp³-hybridized carbons (Fsp3) is 0.462. The molecule has 1 atom stereocenters. The van der Waals surface area contributed by atoms with E-state index in [-0.39, 0.29) is 18.2 Å². The maximum atomic E-state index is 12.0. The first-order valence-corrected chi connectivity index (χ1v) is 6.37. The van der Waals surface area contributed by atoms with Gasteiger partial charge in [0.15, 0.2) is 0 Å². The molecule has 0 saturated carbocycles. The lowest BCUT2D eigenvalue weighted by Crippen LogP contribution is -2.50. The summed E-state index contributed by atoms with van der Waals surface area (Å²) in [7, 11) is 1.23. The minimum atomic E-state index is -0.788. The Balaban J connectivity index is 2.67. The molecule has 114 valence electrons. The highest BCUT2D eigenvalue weighted by molar-refractivity contribution is 5.96. The Labute approximate surface area is 122 Å². The average Bonchev–Trinajstić information content (AvgIpc) is 2.50. The standard InChI is InChI=1S/C13H18N4O4/c1-8(2)11(13(20)16-7-10(18)21-3)17-12(19)9-6-14-4-5-15-9/h4-6,8,11H,7H2,1-3H3,(H,16,20)(H,17,19)/t11-/m0/s1. The summed E-state index contributed by atoms with van der Waals surface area (Å²) < 4.78 is 4.43. The van der Waals surface area contributed by atoms with Crippen molar-refractivity contribution >= 4 is 17.8 Å². The van der Waals surface area contributed by atoms with Crippen LogP contribution in [0.2, 0.25) is 0 Å². The van der Waals surface area contributed by atoms with E-state index in [1.54, 1.807) is 13.8 Å². The molecule has 0 bridgehead atoms. The van der Waals surface area contributed by atoms with E-state index in [1.807, 2.05) is 0 Å². The number of nitrogens with one attached hydrogen (secondary N) is 2. The lowest BCUT2D eigenvalue weighted by atomic mass is 10.0. The number of carbonyl (C=O) groups is 3. The molecule has 0 aliphatic carbocycles. The van der Waals surface area contributed by atoms with E-state index in [2.05, 4.69) is 25.3 Å². The number of carbonyl (C=O) groups excluding carboxylic acids is 3. The van der Waals surface area contributed by atoms with E-state index in [4.69, 9.17) is 0 Å². The van der Waals surface area contributed by atoms with Gasteiger partial charge >= 0.3 is 5.97 Å². The summed E-state index contributed by atoms with van der Waals surface area (Å²) >= 11 is 0. The summed E-state index contributed by atoms with van der Waals surface area (Å²) in [5, 5.41) is 4.98. The number of hydrogen-bond acceptors (Lipinski definition) is 6. The van der Waals surface area contributed by atoms with Gasteiger partial charge in [0.2, 0.25) is 5.91 Å². The molecule has 1 aromatic heterocycles.